The molecule has 10 nitrogen and oxygen atoms in total. The summed E-state index contributed by atoms with van der Waals surface area (Å²) < 4.78 is 7.38. The maximum atomic E-state index is 12.8. The molecule has 184 valence electrons. The van der Waals surface area contributed by atoms with Crippen molar-refractivity contribution in [2.24, 2.45) is 0 Å². The van der Waals surface area contributed by atoms with Gasteiger partial charge in [-0.15, -0.1) is 0 Å². The minimum atomic E-state index is -0.511. The number of aromatic nitrogens is 3. The molecule has 2 aromatic heterocycles. The fraction of sp³-hybridized carbons (Fsp3) is 0.360. The standard InChI is InChI=1S/C25H31N7O3/c1-25(2,3)35-24(34)31-10-8-20(9-11-31)32-15-17(14-29-32)16-12-21(22(27)28-13-16)23(33)30-19-6-4-18(26)5-7-19/h4-7,12-15,20H,8-11,26H2,1-3H3,(H2,27,28)(H,30,33). The van der Waals surface area contributed by atoms with Gasteiger partial charge < -0.3 is 26.4 Å². The summed E-state index contributed by atoms with van der Waals surface area (Å²) in [6, 6.07) is 8.73. The third-order valence-electron chi connectivity index (χ3n) is 5.76. The van der Waals surface area contributed by atoms with Crippen LogP contribution in [0.25, 0.3) is 11.1 Å². The largest absolute Gasteiger partial charge is 0.444 e. The second-order valence-electron chi connectivity index (χ2n) is 9.64. The lowest BCUT2D eigenvalue weighted by atomic mass is 10.1. The van der Waals surface area contributed by atoms with E-state index in [0.717, 1.165) is 24.0 Å². The van der Waals surface area contributed by atoms with Crippen LogP contribution in [-0.4, -0.2) is 50.4 Å². The van der Waals surface area contributed by atoms with E-state index in [2.05, 4.69) is 15.4 Å². The Morgan fingerprint density at radius 3 is 2.40 bits per heavy atom. The number of hydrogen-bond donors (Lipinski definition) is 3. The van der Waals surface area contributed by atoms with Crippen LogP contribution in [0.15, 0.2) is 48.9 Å². The molecular formula is C25H31N7O3. The van der Waals surface area contributed by atoms with Crippen LogP contribution >= 0.6 is 0 Å². The number of anilines is 3. The smallest absolute Gasteiger partial charge is 0.410 e. The summed E-state index contributed by atoms with van der Waals surface area (Å²) in [5.74, 6) is -0.216. The van der Waals surface area contributed by atoms with Gasteiger partial charge in [0.2, 0.25) is 0 Å². The number of benzene rings is 1. The number of ether oxygens (including phenoxy) is 1. The fourth-order valence-corrected chi connectivity index (χ4v) is 3.91. The van der Waals surface area contributed by atoms with E-state index in [9.17, 15) is 9.59 Å². The number of carbonyl (C=O) groups is 2. The van der Waals surface area contributed by atoms with Crippen LogP contribution in [0, 0.1) is 0 Å². The molecule has 0 unspecified atom stereocenters. The summed E-state index contributed by atoms with van der Waals surface area (Å²) in [7, 11) is 0. The molecule has 2 amide bonds. The van der Waals surface area contributed by atoms with Gasteiger partial charge in [-0.05, 0) is 63.9 Å². The van der Waals surface area contributed by atoms with Crippen LogP contribution < -0.4 is 16.8 Å². The molecule has 0 radical (unpaired) electrons. The van der Waals surface area contributed by atoms with Crippen LogP contribution in [0.3, 0.4) is 0 Å². The zero-order chi connectivity index (χ0) is 25.2. The maximum absolute atomic E-state index is 12.8. The molecule has 1 aliphatic rings. The summed E-state index contributed by atoms with van der Waals surface area (Å²) in [5.41, 5.74) is 14.2. The minimum absolute atomic E-state index is 0.142. The average Bonchev–Trinajstić information content (AvgIpc) is 3.30. The first-order valence-electron chi connectivity index (χ1n) is 11.5. The number of nitrogens with two attached hydrogens (primary N) is 2. The predicted octanol–water partition coefficient (Wildman–Crippen LogP) is 3.93. The summed E-state index contributed by atoms with van der Waals surface area (Å²) in [6.45, 7) is 6.80. The molecule has 1 saturated heterocycles. The highest BCUT2D eigenvalue weighted by atomic mass is 16.6. The molecule has 0 saturated carbocycles. The van der Waals surface area contributed by atoms with Crippen LogP contribution in [0.1, 0.15) is 50.0 Å². The number of nitrogen functional groups attached to an aromatic ring is 2. The van der Waals surface area contributed by atoms with Gasteiger partial charge in [0.05, 0.1) is 17.8 Å². The van der Waals surface area contributed by atoms with Crippen molar-refractivity contribution in [3.8, 4) is 11.1 Å². The number of nitrogens with zero attached hydrogens (tertiary/aromatic N) is 4. The second-order valence-corrected chi connectivity index (χ2v) is 9.64. The SMILES string of the molecule is CC(C)(C)OC(=O)N1CCC(n2cc(-c3cnc(N)c(C(=O)Nc4ccc(N)cc4)c3)cn2)CC1. The van der Waals surface area contributed by atoms with Gasteiger partial charge in [0.15, 0.2) is 0 Å². The Labute approximate surface area is 204 Å². The minimum Gasteiger partial charge on any atom is -0.444 e. The van der Waals surface area contributed by atoms with Gasteiger partial charge in [-0.3, -0.25) is 9.48 Å². The highest BCUT2D eigenvalue weighted by Crippen LogP contribution is 2.27. The number of carbonyl (C=O) groups excluding carboxylic acids is 2. The summed E-state index contributed by atoms with van der Waals surface area (Å²) >= 11 is 0. The van der Waals surface area contributed by atoms with Crippen LogP contribution in [0.2, 0.25) is 0 Å². The molecule has 0 bridgehead atoms. The summed E-state index contributed by atoms with van der Waals surface area (Å²) in [5, 5.41) is 7.34. The highest BCUT2D eigenvalue weighted by molar-refractivity contribution is 6.07. The van der Waals surface area contributed by atoms with E-state index >= 15 is 0 Å². The van der Waals surface area contributed by atoms with E-state index in [1.165, 1.54) is 0 Å². The van der Waals surface area contributed by atoms with Crippen molar-refractivity contribution in [1.29, 1.82) is 0 Å². The van der Waals surface area contributed by atoms with E-state index in [1.807, 2.05) is 31.6 Å². The molecule has 5 N–H and O–H groups in total. The highest BCUT2D eigenvalue weighted by Gasteiger charge is 2.28. The molecule has 10 heteroatoms. The van der Waals surface area contributed by atoms with Crippen molar-refractivity contribution in [2.75, 3.05) is 29.9 Å². The first kappa shape index (κ1) is 24.1. The molecule has 1 aromatic carbocycles. The number of hydrogen-bond acceptors (Lipinski definition) is 7. The van der Waals surface area contributed by atoms with Crippen molar-refractivity contribution >= 4 is 29.2 Å². The third-order valence-corrected chi connectivity index (χ3v) is 5.76. The van der Waals surface area contributed by atoms with Crippen molar-refractivity contribution in [3.63, 3.8) is 0 Å². The lowest BCUT2D eigenvalue weighted by Gasteiger charge is -2.33. The average molecular weight is 478 g/mol. The first-order valence-corrected chi connectivity index (χ1v) is 11.5. The quantitative estimate of drug-likeness (QED) is 0.483. The van der Waals surface area contributed by atoms with E-state index in [1.54, 1.807) is 47.6 Å². The molecule has 1 fully saturated rings. The van der Waals surface area contributed by atoms with E-state index in [0.29, 0.717) is 24.5 Å². The molecular weight excluding hydrogens is 446 g/mol. The van der Waals surface area contributed by atoms with Gasteiger partial charge in [0.25, 0.3) is 5.91 Å². The van der Waals surface area contributed by atoms with Gasteiger partial charge in [-0.25, -0.2) is 9.78 Å². The van der Waals surface area contributed by atoms with Crippen LogP contribution in [-0.2, 0) is 4.74 Å². The molecule has 0 aliphatic carbocycles. The fourth-order valence-electron chi connectivity index (χ4n) is 3.91. The molecule has 0 atom stereocenters. The maximum Gasteiger partial charge on any atom is 0.410 e. The van der Waals surface area contributed by atoms with Crippen molar-refractivity contribution in [2.45, 2.75) is 45.3 Å². The Balaban J connectivity index is 1.43. The lowest BCUT2D eigenvalue weighted by Crippen LogP contribution is -2.42. The molecule has 3 heterocycles. The van der Waals surface area contributed by atoms with Crippen molar-refractivity contribution < 1.29 is 14.3 Å². The first-order chi connectivity index (χ1) is 16.6. The van der Waals surface area contributed by atoms with E-state index in [-0.39, 0.29) is 29.4 Å². The normalized spacial score (nSPS) is 14.5. The monoisotopic (exact) mass is 477 g/mol. The Morgan fingerprint density at radius 1 is 1.06 bits per heavy atom. The Kier molecular flexibility index (Phi) is 6.63. The number of likely N-dealkylation sites (tertiary alicyclic amines) is 1. The van der Waals surface area contributed by atoms with Crippen molar-refractivity contribution in [1.82, 2.24) is 19.7 Å². The third kappa shape index (κ3) is 5.89. The molecule has 4 rings (SSSR count). The van der Waals surface area contributed by atoms with Crippen LogP contribution in [0.5, 0.6) is 0 Å². The zero-order valence-electron chi connectivity index (χ0n) is 20.2. The Morgan fingerprint density at radius 2 is 1.74 bits per heavy atom. The number of nitrogens with one attached hydrogen (secondary N) is 1. The predicted molar refractivity (Wildman–Crippen MR) is 135 cm³/mol. The van der Waals surface area contributed by atoms with Crippen molar-refractivity contribution in [3.05, 3.63) is 54.5 Å². The second kappa shape index (κ2) is 9.65. The topological polar surface area (TPSA) is 141 Å². The number of piperidine rings is 1. The summed E-state index contributed by atoms with van der Waals surface area (Å²) in [4.78, 5) is 31.1. The Bertz CT molecular complexity index is 1210. The van der Waals surface area contributed by atoms with E-state index in [4.69, 9.17) is 16.2 Å². The summed E-state index contributed by atoms with van der Waals surface area (Å²) in [6.07, 6.45) is 6.57. The number of pyridine rings is 1. The molecule has 0 spiro atoms. The molecule has 3 aromatic rings. The lowest BCUT2D eigenvalue weighted by molar-refractivity contribution is 0.0184. The number of rotatable bonds is 4. The molecule has 1 aliphatic heterocycles. The van der Waals surface area contributed by atoms with Gasteiger partial charge in [0, 0.05) is 48.0 Å². The Hall–Kier alpha value is -4.08. The molecule has 35 heavy (non-hydrogen) atoms. The van der Waals surface area contributed by atoms with Gasteiger partial charge in [-0.1, -0.05) is 0 Å². The van der Waals surface area contributed by atoms with Gasteiger partial charge in [-0.2, -0.15) is 5.10 Å². The van der Waals surface area contributed by atoms with Gasteiger partial charge in [0.1, 0.15) is 11.4 Å². The number of amides is 2. The zero-order valence-corrected chi connectivity index (χ0v) is 20.2. The van der Waals surface area contributed by atoms with Gasteiger partial charge >= 0.3 is 6.09 Å². The van der Waals surface area contributed by atoms with Crippen LogP contribution in [0.4, 0.5) is 22.0 Å². The van der Waals surface area contributed by atoms with E-state index < -0.39 is 5.60 Å².